The Morgan fingerprint density at radius 3 is 1.50 bits per heavy atom. The first kappa shape index (κ1) is 25.3. The monoisotopic (exact) mass is 425 g/mol. The maximum Gasteiger partial charge on any atom is 0.169 e. The van der Waals surface area contributed by atoms with Gasteiger partial charge in [-0.15, -0.1) is 0 Å². The smallest absolute Gasteiger partial charge is 0.169 e. The van der Waals surface area contributed by atoms with Crippen molar-refractivity contribution in [2.75, 3.05) is 0 Å². The van der Waals surface area contributed by atoms with E-state index >= 15 is 0 Å². The minimum atomic E-state index is 0. The molecule has 3 heteroatoms. The summed E-state index contributed by atoms with van der Waals surface area (Å²) in [4.78, 5) is 11.2. The maximum absolute atomic E-state index is 11.2. The molecule has 1 heterocycles. The molecule has 0 amide bonds. The number of carbonyl (C=O) groups excluding carboxylic acids is 1. The van der Waals surface area contributed by atoms with Crippen molar-refractivity contribution in [3.8, 4) is 0 Å². The van der Waals surface area contributed by atoms with Gasteiger partial charge < -0.3 is 17.0 Å². The Balaban J connectivity index is 0.00000625. The van der Waals surface area contributed by atoms with Crippen LogP contribution >= 0.6 is 0 Å². The zero-order valence-electron chi connectivity index (χ0n) is 17.1. The highest BCUT2D eigenvalue weighted by molar-refractivity contribution is 5.93. The lowest BCUT2D eigenvalue weighted by atomic mass is 10.0. The van der Waals surface area contributed by atoms with Gasteiger partial charge in [-0.25, -0.2) is 4.57 Å². The van der Waals surface area contributed by atoms with E-state index < -0.39 is 0 Å². The SMILES string of the molecule is CCCCCCCCCCCCCCCC[n+]1ccc(C(C)=O)cc1.[Br-]. The molecule has 0 spiro atoms. The summed E-state index contributed by atoms with van der Waals surface area (Å²) in [5.41, 5.74) is 0.803. The third kappa shape index (κ3) is 13.5. The summed E-state index contributed by atoms with van der Waals surface area (Å²) < 4.78 is 2.19. The van der Waals surface area contributed by atoms with Crippen LogP contribution in [0.1, 0.15) is 114 Å². The van der Waals surface area contributed by atoms with Crippen LogP contribution in [0.5, 0.6) is 0 Å². The Morgan fingerprint density at radius 1 is 0.731 bits per heavy atom. The minimum absolute atomic E-state index is 0. The van der Waals surface area contributed by atoms with Gasteiger partial charge in [-0.3, -0.25) is 4.79 Å². The Morgan fingerprint density at radius 2 is 1.12 bits per heavy atom. The summed E-state index contributed by atoms with van der Waals surface area (Å²) in [6.45, 7) is 4.97. The van der Waals surface area contributed by atoms with Crippen LogP contribution in [0.15, 0.2) is 24.5 Å². The van der Waals surface area contributed by atoms with Gasteiger partial charge in [0.15, 0.2) is 18.2 Å². The number of hydrogen-bond acceptors (Lipinski definition) is 1. The van der Waals surface area contributed by atoms with Crippen molar-refractivity contribution >= 4 is 5.78 Å². The van der Waals surface area contributed by atoms with Gasteiger partial charge >= 0.3 is 0 Å². The number of rotatable bonds is 16. The van der Waals surface area contributed by atoms with Crippen LogP contribution in [-0.4, -0.2) is 5.78 Å². The highest BCUT2D eigenvalue weighted by Crippen LogP contribution is 2.12. The molecule has 0 unspecified atom stereocenters. The normalized spacial score (nSPS) is 10.5. The van der Waals surface area contributed by atoms with Gasteiger partial charge in [-0.1, -0.05) is 84.0 Å². The Bertz CT molecular complexity index is 444. The van der Waals surface area contributed by atoms with Crippen LogP contribution in [-0.2, 0) is 6.54 Å². The number of aryl methyl sites for hydroxylation is 1. The predicted octanol–water partition coefficient (Wildman–Crippen LogP) is 3.66. The van der Waals surface area contributed by atoms with Gasteiger partial charge in [-0.2, -0.15) is 0 Å². The second-order valence-corrected chi connectivity index (χ2v) is 7.48. The molecule has 0 atom stereocenters. The van der Waals surface area contributed by atoms with Crippen molar-refractivity contribution in [1.29, 1.82) is 0 Å². The maximum atomic E-state index is 11.2. The molecule has 0 saturated heterocycles. The largest absolute Gasteiger partial charge is 1.00 e. The van der Waals surface area contributed by atoms with E-state index in [2.05, 4.69) is 11.5 Å². The Hall–Kier alpha value is -0.700. The van der Waals surface area contributed by atoms with Crippen molar-refractivity contribution in [1.82, 2.24) is 0 Å². The number of nitrogens with zero attached hydrogens (tertiary/aromatic N) is 1. The fraction of sp³-hybridized carbons (Fsp3) is 0.739. The van der Waals surface area contributed by atoms with E-state index in [-0.39, 0.29) is 22.8 Å². The van der Waals surface area contributed by atoms with E-state index in [4.69, 9.17) is 0 Å². The molecule has 0 aromatic carbocycles. The van der Waals surface area contributed by atoms with Crippen molar-refractivity contribution in [3.05, 3.63) is 30.1 Å². The lowest BCUT2D eigenvalue weighted by molar-refractivity contribution is -0.697. The molecule has 0 saturated carbocycles. The molecular weight excluding hydrogens is 386 g/mol. The summed E-state index contributed by atoms with van der Waals surface area (Å²) in [5, 5.41) is 0. The number of carbonyl (C=O) groups is 1. The number of halogens is 1. The summed E-state index contributed by atoms with van der Waals surface area (Å²) in [6, 6.07) is 3.85. The van der Waals surface area contributed by atoms with Gasteiger partial charge in [0.25, 0.3) is 0 Å². The highest BCUT2D eigenvalue weighted by Gasteiger charge is 2.03. The molecule has 0 N–H and O–H groups in total. The van der Waals surface area contributed by atoms with Gasteiger partial charge in [-0.05, 0) is 13.3 Å². The zero-order valence-corrected chi connectivity index (χ0v) is 18.7. The molecule has 0 aliphatic heterocycles. The first-order valence-corrected chi connectivity index (χ1v) is 10.7. The molecule has 1 aromatic rings. The van der Waals surface area contributed by atoms with E-state index in [1.54, 1.807) is 6.92 Å². The second kappa shape index (κ2) is 17.7. The average Bonchev–Trinajstić information content (AvgIpc) is 2.62. The predicted molar refractivity (Wildman–Crippen MR) is 107 cm³/mol. The summed E-state index contributed by atoms with van der Waals surface area (Å²) in [5.74, 6) is 0.142. The van der Waals surface area contributed by atoms with Gasteiger partial charge in [0, 0.05) is 24.1 Å². The van der Waals surface area contributed by atoms with Crippen molar-refractivity contribution in [2.45, 2.75) is 110 Å². The molecule has 0 bridgehead atoms. The van der Waals surface area contributed by atoms with Crippen LogP contribution < -0.4 is 21.5 Å². The van der Waals surface area contributed by atoms with Crippen molar-refractivity contribution < 1.29 is 26.3 Å². The topological polar surface area (TPSA) is 20.9 Å². The number of pyridine rings is 1. The quantitative estimate of drug-likeness (QED) is 0.225. The van der Waals surface area contributed by atoms with Gasteiger partial charge in [0.1, 0.15) is 6.54 Å². The summed E-state index contributed by atoms with van der Waals surface area (Å²) in [6.07, 6.45) is 23.6. The Kier molecular flexibility index (Phi) is 17.2. The van der Waals surface area contributed by atoms with Crippen LogP contribution in [0, 0.1) is 0 Å². The minimum Gasteiger partial charge on any atom is -1.00 e. The number of ketones is 1. The van der Waals surface area contributed by atoms with E-state index in [1.807, 2.05) is 24.5 Å². The average molecular weight is 426 g/mol. The standard InChI is InChI=1S/C23H40NO.BrH/c1-3-4-5-6-7-8-9-10-11-12-13-14-15-16-19-24-20-17-23(18-21-24)22(2)25;/h17-18,20-21H,3-16,19H2,1-2H3;1H/q+1;/p-1. The lowest BCUT2D eigenvalue weighted by Crippen LogP contribution is -3.00. The first-order valence-electron chi connectivity index (χ1n) is 10.7. The number of hydrogen-bond donors (Lipinski definition) is 0. The fourth-order valence-electron chi connectivity index (χ4n) is 3.33. The van der Waals surface area contributed by atoms with Gasteiger partial charge in [0.2, 0.25) is 0 Å². The van der Waals surface area contributed by atoms with Gasteiger partial charge in [0.05, 0.1) is 0 Å². The molecule has 26 heavy (non-hydrogen) atoms. The van der Waals surface area contributed by atoms with E-state index in [1.165, 1.54) is 89.9 Å². The van der Waals surface area contributed by atoms with Crippen molar-refractivity contribution in [2.24, 2.45) is 0 Å². The third-order valence-electron chi connectivity index (χ3n) is 5.07. The second-order valence-electron chi connectivity index (χ2n) is 7.48. The molecule has 1 rings (SSSR count). The number of aromatic nitrogens is 1. The molecule has 0 radical (unpaired) electrons. The van der Waals surface area contributed by atoms with Crippen LogP contribution in [0.2, 0.25) is 0 Å². The number of Topliss-reactive ketones (excluding diaryl/α,β-unsaturated/α-hetero) is 1. The zero-order chi connectivity index (χ0) is 18.2. The molecular formula is C23H40BrNO. The van der Waals surface area contributed by atoms with E-state index in [0.29, 0.717) is 0 Å². The molecule has 150 valence electrons. The number of unbranched alkanes of at least 4 members (excludes halogenated alkanes) is 13. The molecule has 0 fully saturated rings. The molecule has 1 aromatic heterocycles. The summed E-state index contributed by atoms with van der Waals surface area (Å²) >= 11 is 0. The van der Waals surface area contributed by atoms with E-state index in [9.17, 15) is 4.79 Å². The highest BCUT2D eigenvalue weighted by atomic mass is 79.9. The first-order chi connectivity index (χ1) is 12.2. The van der Waals surface area contributed by atoms with Crippen molar-refractivity contribution in [3.63, 3.8) is 0 Å². The molecule has 0 aliphatic carbocycles. The third-order valence-corrected chi connectivity index (χ3v) is 5.07. The lowest BCUT2D eigenvalue weighted by Gasteiger charge is -2.03. The summed E-state index contributed by atoms with van der Waals surface area (Å²) in [7, 11) is 0. The molecule has 0 aliphatic rings. The van der Waals surface area contributed by atoms with Crippen LogP contribution in [0.3, 0.4) is 0 Å². The molecule has 2 nitrogen and oxygen atoms in total. The Labute approximate surface area is 172 Å². The fourth-order valence-corrected chi connectivity index (χ4v) is 3.33. The van der Waals surface area contributed by atoms with Crippen LogP contribution in [0.25, 0.3) is 0 Å². The van der Waals surface area contributed by atoms with E-state index in [0.717, 1.165) is 12.1 Å². The van der Waals surface area contributed by atoms with Crippen LogP contribution in [0.4, 0.5) is 0 Å².